The Labute approximate surface area is 103 Å². The second kappa shape index (κ2) is 4.54. The van der Waals surface area contributed by atoms with E-state index in [4.69, 9.17) is 11.6 Å². The molecular formula is C8H4ClF5O3S. The maximum atomic E-state index is 12.9. The van der Waals surface area contributed by atoms with E-state index in [1.54, 1.807) is 0 Å². The van der Waals surface area contributed by atoms with Gasteiger partial charge in [0.2, 0.25) is 0 Å². The van der Waals surface area contributed by atoms with E-state index in [2.05, 4.69) is 4.74 Å². The Morgan fingerprint density at radius 3 is 1.89 bits per heavy atom. The third-order valence-corrected chi connectivity index (χ3v) is 2.81. The summed E-state index contributed by atoms with van der Waals surface area (Å²) in [7, 11) is -6.82. The van der Waals surface area contributed by atoms with E-state index >= 15 is 0 Å². The molecule has 3 nitrogen and oxygen atoms in total. The van der Waals surface area contributed by atoms with Crippen LogP contribution in [0.3, 0.4) is 0 Å². The molecule has 18 heavy (non-hydrogen) atoms. The molecule has 0 spiro atoms. The summed E-state index contributed by atoms with van der Waals surface area (Å²) in [6, 6.07) is 3.65. The van der Waals surface area contributed by atoms with Crippen LogP contribution in [0.5, 0.6) is 5.75 Å². The Morgan fingerprint density at radius 2 is 1.50 bits per heavy atom. The molecule has 0 atom stereocenters. The number of halogens is 6. The lowest BCUT2D eigenvalue weighted by molar-refractivity contribution is -0.273. The summed E-state index contributed by atoms with van der Waals surface area (Å²) in [4.78, 5) is 0. The van der Waals surface area contributed by atoms with Crippen molar-refractivity contribution in [2.45, 2.75) is 11.4 Å². The number of alkyl halides is 4. The van der Waals surface area contributed by atoms with Crippen LogP contribution in [0, 0.1) is 0 Å². The quantitative estimate of drug-likeness (QED) is 0.633. The molecule has 0 bridgehead atoms. The van der Waals surface area contributed by atoms with Crippen molar-refractivity contribution in [3.8, 4) is 5.75 Å². The van der Waals surface area contributed by atoms with Crippen molar-refractivity contribution in [1.29, 1.82) is 0 Å². The largest absolute Gasteiger partial charge is 0.483 e. The Kier molecular flexibility index (Phi) is 3.78. The van der Waals surface area contributed by atoms with Gasteiger partial charge in [0.1, 0.15) is 5.75 Å². The molecule has 0 heterocycles. The summed E-state index contributed by atoms with van der Waals surface area (Å²) in [6.45, 7) is 0. The monoisotopic (exact) mass is 310 g/mol. The molecule has 0 aliphatic heterocycles. The normalized spacial score (nSPS) is 13.4. The van der Waals surface area contributed by atoms with Gasteiger partial charge in [-0.05, 0) is 24.3 Å². The Hall–Kier alpha value is -1.09. The van der Waals surface area contributed by atoms with E-state index in [0.717, 1.165) is 24.3 Å². The molecule has 1 aromatic rings. The molecule has 0 unspecified atom stereocenters. The lowest BCUT2D eigenvalue weighted by atomic mass is 10.3. The fourth-order valence-electron chi connectivity index (χ4n) is 0.852. The van der Waals surface area contributed by atoms with Gasteiger partial charge >= 0.3 is 21.6 Å². The van der Waals surface area contributed by atoms with Crippen molar-refractivity contribution in [2.24, 2.45) is 0 Å². The Bertz CT molecular complexity index is 528. The van der Waals surface area contributed by atoms with Crippen LogP contribution < -0.4 is 4.74 Å². The van der Waals surface area contributed by atoms with E-state index in [-0.39, 0.29) is 5.02 Å². The molecule has 10 heteroatoms. The molecule has 0 aliphatic rings. The predicted octanol–water partition coefficient (Wildman–Crippen LogP) is 3.20. The first kappa shape index (κ1) is 15.0. The van der Waals surface area contributed by atoms with E-state index in [9.17, 15) is 29.9 Å². The van der Waals surface area contributed by atoms with Crippen LogP contribution >= 0.6 is 11.6 Å². The fourth-order valence-corrected chi connectivity index (χ4v) is 1.30. The van der Waals surface area contributed by atoms with Crippen LogP contribution in [0.2, 0.25) is 5.02 Å². The number of ether oxygens (including phenoxy) is 1. The summed E-state index contributed by atoms with van der Waals surface area (Å²) in [5.41, 5.74) is 0. The molecule has 0 fully saturated rings. The third-order valence-electron chi connectivity index (χ3n) is 1.70. The van der Waals surface area contributed by atoms with Crippen LogP contribution in [0.15, 0.2) is 24.3 Å². The standard InChI is InChI=1S/C8H4ClF5O3S/c9-5-1-3-6(4-2-5)17-7(10,11)8(12,13)18(14,15)16/h1-4H. The first-order chi connectivity index (χ1) is 7.97. The van der Waals surface area contributed by atoms with Crippen LogP contribution in [0.25, 0.3) is 0 Å². The highest BCUT2D eigenvalue weighted by atomic mass is 35.5. The lowest BCUT2D eigenvalue weighted by Gasteiger charge is -2.23. The summed E-state index contributed by atoms with van der Waals surface area (Å²) in [6.07, 6.45) is -5.56. The summed E-state index contributed by atoms with van der Waals surface area (Å²) < 4.78 is 86.4. The van der Waals surface area contributed by atoms with Crippen molar-refractivity contribution in [1.82, 2.24) is 0 Å². The maximum absolute atomic E-state index is 12.9. The second-order valence-electron chi connectivity index (χ2n) is 3.03. The molecule has 1 rings (SSSR count). The Balaban J connectivity index is 3.05. The van der Waals surface area contributed by atoms with Crippen molar-refractivity contribution < 1.29 is 34.6 Å². The highest BCUT2D eigenvalue weighted by Crippen LogP contribution is 2.41. The molecule has 0 radical (unpaired) electrons. The first-order valence-electron chi connectivity index (χ1n) is 4.12. The van der Waals surface area contributed by atoms with Gasteiger partial charge in [-0.1, -0.05) is 15.5 Å². The molecule has 102 valence electrons. The molecule has 0 saturated carbocycles. The molecule has 0 amide bonds. The minimum Gasteiger partial charge on any atom is -0.427 e. The highest BCUT2D eigenvalue weighted by Gasteiger charge is 2.70. The fraction of sp³-hybridized carbons (Fsp3) is 0.250. The van der Waals surface area contributed by atoms with Crippen molar-refractivity contribution in [3.05, 3.63) is 29.3 Å². The molecule has 0 N–H and O–H groups in total. The number of benzene rings is 1. The minimum absolute atomic E-state index is 0.107. The average Bonchev–Trinajstić information content (AvgIpc) is 2.19. The molecule has 0 saturated heterocycles. The van der Waals surface area contributed by atoms with E-state index in [1.165, 1.54) is 0 Å². The topological polar surface area (TPSA) is 43.4 Å². The van der Waals surface area contributed by atoms with Gasteiger partial charge in [-0.15, -0.1) is 0 Å². The summed E-state index contributed by atoms with van der Waals surface area (Å²) in [5, 5.41) is -5.89. The van der Waals surface area contributed by atoms with Crippen molar-refractivity contribution >= 4 is 21.8 Å². The molecular weight excluding hydrogens is 307 g/mol. The molecule has 0 aromatic heterocycles. The van der Waals surface area contributed by atoms with Gasteiger partial charge in [0, 0.05) is 5.02 Å². The van der Waals surface area contributed by atoms with Gasteiger partial charge in [0.15, 0.2) is 0 Å². The zero-order chi connectivity index (χ0) is 14.2. The summed E-state index contributed by atoms with van der Waals surface area (Å²) >= 11 is 5.40. The van der Waals surface area contributed by atoms with Crippen LogP contribution in [0.4, 0.5) is 21.4 Å². The molecule has 1 aromatic carbocycles. The van der Waals surface area contributed by atoms with E-state index in [0.29, 0.717) is 0 Å². The van der Waals surface area contributed by atoms with Gasteiger partial charge in [0.25, 0.3) is 0 Å². The number of rotatable bonds is 4. The SMILES string of the molecule is O=S(=O)(F)C(F)(F)C(F)(F)Oc1ccc(Cl)cc1. The van der Waals surface area contributed by atoms with Gasteiger partial charge in [-0.2, -0.15) is 26.0 Å². The smallest absolute Gasteiger partial charge is 0.427 e. The predicted molar refractivity (Wildman–Crippen MR) is 52.0 cm³/mol. The number of hydrogen-bond acceptors (Lipinski definition) is 3. The highest BCUT2D eigenvalue weighted by molar-refractivity contribution is 7.87. The minimum atomic E-state index is -6.82. The van der Waals surface area contributed by atoms with E-state index in [1.807, 2.05) is 0 Å². The second-order valence-corrected chi connectivity index (χ2v) is 4.85. The number of hydrogen-bond donors (Lipinski definition) is 0. The zero-order valence-corrected chi connectivity index (χ0v) is 9.78. The van der Waals surface area contributed by atoms with Gasteiger partial charge < -0.3 is 4.74 Å². The maximum Gasteiger partial charge on any atom is 0.483 e. The van der Waals surface area contributed by atoms with Crippen LogP contribution in [-0.2, 0) is 10.2 Å². The Morgan fingerprint density at radius 1 is 1.06 bits per heavy atom. The third kappa shape index (κ3) is 2.83. The van der Waals surface area contributed by atoms with Gasteiger partial charge in [-0.3, -0.25) is 0 Å². The van der Waals surface area contributed by atoms with Crippen molar-refractivity contribution in [3.63, 3.8) is 0 Å². The van der Waals surface area contributed by atoms with Gasteiger partial charge in [0.05, 0.1) is 0 Å². The molecule has 0 aliphatic carbocycles. The van der Waals surface area contributed by atoms with Crippen LogP contribution in [-0.4, -0.2) is 19.8 Å². The first-order valence-corrected chi connectivity index (χ1v) is 5.88. The zero-order valence-electron chi connectivity index (χ0n) is 8.21. The van der Waals surface area contributed by atoms with Crippen LogP contribution in [0.1, 0.15) is 0 Å². The summed E-state index contributed by atoms with van der Waals surface area (Å²) in [5.74, 6) is -0.798. The van der Waals surface area contributed by atoms with Gasteiger partial charge in [-0.25, -0.2) is 0 Å². The van der Waals surface area contributed by atoms with Crippen molar-refractivity contribution in [2.75, 3.05) is 0 Å². The van der Waals surface area contributed by atoms with E-state index < -0.39 is 27.3 Å². The average molecular weight is 311 g/mol. The lowest BCUT2D eigenvalue weighted by Crippen LogP contribution is -2.49.